The zero-order valence-electron chi connectivity index (χ0n) is 19.8. The third-order valence-electron chi connectivity index (χ3n) is 5.86. The number of amides is 1. The van der Waals surface area contributed by atoms with E-state index in [1.807, 2.05) is 18.2 Å². The van der Waals surface area contributed by atoms with Crippen molar-refractivity contribution in [2.75, 3.05) is 32.6 Å². The van der Waals surface area contributed by atoms with Crippen LogP contribution in [0.1, 0.15) is 39.4 Å². The molecule has 10 nitrogen and oxygen atoms in total. The largest absolute Gasteiger partial charge is 0.465 e. The van der Waals surface area contributed by atoms with Crippen LogP contribution in [-0.2, 0) is 20.8 Å². The lowest BCUT2D eigenvalue weighted by Crippen LogP contribution is -2.40. The van der Waals surface area contributed by atoms with Crippen LogP contribution in [0.5, 0.6) is 0 Å². The average molecular weight is 513 g/mol. The summed E-state index contributed by atoms with van der Waals surface area (Å²) in [5, 5.41) is 7.38. The minimum absolute atomic E-state index is 0.131. The standard InChI is InChI=1S/C25H25ClN4O6/c1-34-24(32)16-10-17(25(33)35-2)12-18(11-16)27-23(31)15-6-5-9-30(13-15)14-21-28-22(29-36-21)19-7-3-4-8-20(19)26/h3-4,7-8,10-12,15H,5-6,9,13-14H2,1-2H3,(H,27,31). The van der Waals surface area contributed by atoms with Crippen molar-refractivity contribution in [3.8, 4) is 11.4 Å². The molecule has 1 unspecified atom stereocenters. The Morgan fingerprint density at radius 3 is 2.47 bits per heavy atom. The van der Waals surface area contributed by atoms with Gasteiger partial charge in [-0.3, -0.25) is 9.69 Å². The third-order valence-corrected chi connectivity index (χ3v) is 6.19. The fourth-order valence-electron chi connectivity index (χ4n) is 4.09. The van der Waals surface area contributed by atoms with Crippen LogP contribution in [0.15, 0.2) is 47.0 Å². The van der Waals surface area contributed by atoms with Gasteiger partial charge in [0.15, 0.2) is 0 Å². The molecule has 0 bridgehead atoms. The number of esters is 2. The summed E-state index contributed by atoms with van der Waals surface area (Å²) in [5.41, 5.74) is 1.26. The highest BCUT2D eigenvalue weighted by Gasteiger charge is 2.27. The minimum Gasteiger partial charge on any atom is -0.465 e. The Hall–Kier alpha value is -3.76. The third kappa shape index (κ3) is 5.89. The van der Waals surface area contributed by atoms with E-state index in [0.717, 1.165) is 13.0 Å². The molecule has 1 aliphatic rings. The molecule has 11 heteroatoms. The first-order valence-electron chi connectivity index (χ1n) is 11.3. The molecule has 1 N–H and O–H groups in total. The van der Waals surface area contributed by atoms with Gasteiger partial charge in [-0.05, 0) is 49.7 Å². The highest BCUT2D eigenvalue weighted by Crippen LogP contribution is 2.26. The average Bonchev–Trinajstić information content (AvgIpc) is 3.35. The summed E-state index contributed by atoms with van der Waals surface area (Å²) in [7, 11) is 2.48. The maximum atomic E-state index is 13.1. The number of rotatable bonds is 7. The molecule has 1 fully saturated rings. The van der Waals surface area contributed by atoms with Crippen LogP contribution in [0.4, 0.5) is 5.69 Å². The number of hydrogen-bond acceptors (Lipinski definition) is 9. The molecular weight excluding hydrogens is 488 g/mol. The van der Waals surface area contributed by atoms with Gasteiger partial charge in [-0.25, -0.2) is 9.59 Å². The maximum Gasteiger partial charge on any atom is 0.337 e. The molecule has 4 rings (SSSR count). The van der Waals surface area contributed by atoms with Crippen molar-refractivity contribution in [2.24, 2.45) is 5.92 Å². The number of hydrogen-bond donors (Lipinski definition) is 1. The topological polar surface area (TPSA) is 124 Å². The van der Waals surface area contributed by atoms with Gasteiger partial charge >= 0.3 is 11.9 Å². The van der Waals surface area contributed by atoms with Crippen LogP contribution < -0.4 is 5.32 Å². The zero-order chi connectivity index (χ0) is 25.7. The Bertz CT molecular complexity index is 1240. The smallest absolute Gasteiger partial charge is 0.337 e. The molecule has 0 radical (unpaired) electrons. The molecule has 0 spiro atoms. The lowest BCUT2D eigenvalue weighted by Gasteiger charge is -2.30. The molecule has 1 saturated heterocycles. The number of nitrogens with one attached hydrogen (secondary N) is 1. The van der Waals surface area contributed by atoms with Gasteiger partial charge in [-0.2, -0.15) is 4.98 Å². The van der Waals surface area contributed by atoms with Gasteiger partial charge in [0, 0.05) is 17.8 Å². The van der Waals surface area contributed by atoms with Crippen LogP contribution >= 0.6 is 11.6 Å². The SMILES string of the molecule is COC(=O)c1cc(NC(=O)C2CCCN(Cc3nc(-c4ccccc4Cl)no3)C2)cc(C(=O)OC)c1. The van der Waals surface area contributed by atoms with E-state index in [0.29, 0.717) is 47.5 Å². The quantitative estimate of drug-likeness (QED) is 0.470. The maximum absolute atomic E-state index is 13.1. The molecule has 0 aliphatic carbocycles. The predicted octanol–water partition coefficient (Wildman–Crippen LogP) is 3.81. The molecular formula is C25H25ClN4O6. The number of likely N-dealkylation sites (tertiary alicyclic amines) is 1. The number of benzene rings is 2. The molecule has 0 saturated carbocycles. The Morgan fingerprint density at radius 1 is 1.11 bits per heavy atom. The first-order chi connectivity index (χ1) is 17.4. The molecule has 188 valence electrons. The van der Waals surface area contributed by atoms with E-state index in [-0.39, 0.29) is 23.0 Å². The van der Waals surface area contributed by atoms with Gasteiger partial charge < -0.3 is 19.3 Å². The van der Waals surface area contributed by atoms with Crippen molar-refractivity contribution in [1.82, 2.24) is 15.0 Å². The molecule has 36 heavy (non-hydrogen) atoms. The number of carbonyl (C=O) groups is 3. The van der Waals surface area contributed by atoms with Crippen molar-refractivity contribution < 1.29 is 28.4 Å². The first-order valence-corrected chi connectivity index (χ1v) is 11.7. The molecule has 1 aliphatic heterocycles. The van der Waals surface area contributed by atoms with Crippen LogP contribution in [0.3, 0.4) is 0 Å². The van der Waals surface area contributed by atoms with Crippen molar-refractivity contribution >= 4 is 35.1 Å². The van der Waals surface area contributed by atoms with Crippen molar-refractivity contribution in [3.05, 3.63) is 64.5 Å². The van der Waals surface area contributed by atoms with E-state index in [2.05, 4.69) is 20.4 Å². The molecule has 3 aromatic rings. The monoisotopic (exact) mass is 512 g/mol. The number of anilines is 1. The minimum atomic E-state index is -0.629. The summed E-state index contributed by atoms with van der Waals surface area (Å²) >= 11 is 6.22. The van der Waals surface area contributed by atoms with Crippen molar-refractivity contribution in [2.45, 2.75) is 19.4 Å². The van der Waals surface area contributed by atoms with Gasteiger partial charge in [-0.15, -0.1) is 0 Å². The van der Waals surface area contributed by atoms with Crippen LogP contribution in [0.25, 0.3) is 11.4 Å². The summed E-state index contributed by atoms with van der Waals surface area (Å²) in [5.74, 6) is -0.951. The Morgan fingerprint density at radius 2 is 1.81 bits per heavy atom. The normalized spacial score (nSPS) is 15.8. The molecule has 2 aromatic carbocycles. The van der Waals surface area contributed by atoms with E-state index >= 15 is 0 Å². The summed E-state index contributed by atoms with van der Waals surface area (Å²) < 4.78 is 14.9. The number of carbonyl (C=O) groups excluding carboxylic acids is 3. The summed E-state index contributed by atoms with van der Waals surface area (Å²) in [6, 6.07) is 11.5. The second-order valence-electron chi connectivity index (χ2n) is 8.34. The van der Waals surface area contributed by atoms with Gasteiger partial charge in [0.25, 0.3) is 0 Å². The van der Waals surface area contributed by atoms with Gasteiger partial charge in [0.2, 0.25) is 17.6 Å². The van der Waals surface area contributed by atoms with Crippen molar-refractivity contribution in [3.63, 3.8) is 0 Å². The van der Waals surface area contributed by atoms with E-state index in [9.17, 15) is 14.4 Å². The molecule has 2 heterocycles. The molecule has 1 amide bonds. The number of ether oxygens (including phenoxy) is 2. The lowest BCUT2D eigenvalue weighted by molar-refractivity contribution is -0.121. The second kappa shape index (κ2) is 11.3. The highest BCUT2D eigenvalue weighted by atomic mass is 35.5. The molecule has 1 aromatic heterocycles. The highest BCUT2D eigenvalue weighted by molar-refractivity contribution is 6.33. The van der Waals surface area contributed by atoms with Gasteiger partial charge in [-0.1, -0.05) is 28.9 Å². The number of piperidine rings is 1. The van der Waals surface area contributed by atoms with Gasteiger partial charge in [0.05, 0.1) is 42.8 Å². The number of nitrogens with zero attached hydrogens (tertiary/aromatic N) is 3. The summed E-state index contributed by atoms with van der Waals surface area (Å²) in [6.07, 6.45) is 1.50. The van der Waals surface area contributed by atoms with E-state index in [1.165, 1.54) is 32.4 Å². The first kappa shape index (κ1) is 25.3. The number of halogens is 1. The summed E-state index contributed by atoms with van der Waals surface area (Å²) in [6.45, 7) is 1.65. The lowest BCUT2D eigenvalue weighted by atomic mass is 9.97. The predicted molar refractivity (Wildman–Crippen MR) is 130 cm³/mol. The Kier molecular flexibility index (Phi) is 7.97. The number of aromatic nitrogens is 2. The Labute approximate surface area is 212 Å². The van der Waals surface area contributed by atoms with Crippen LogP contribution in [0.2, 0.25) is 5.02 Å². The fourth-order valence-corrected chi connectivity index (χ4v) is 4.31. The Balaban J connectivity index is 1.43. The van der Waals surface area contributed by atoms with Crippen LogP contribution in [0, 0.1) is 5.92 Å². The van der Waals surface area contributed by atoms with E-state index < -0.39 is 11.9 Å². The number of methoxy groups -OCH3 is 2. The molecule has 1 atom stereocenters. The fraction of sp³-hybridized carbons (Fsp3) is 0.320. The van der Waals surface area contributed by atoms with Crippen molar-refractivity contribution in [1.29, 1.82) is 0 Å². The van der Waals surface area contributed by atoms with Crippen LogP contribution in [-0.4, -0.2) is 60.2 Å². The summed E-state index contributed by atoms with van der Waals surface area (Å²) in [4.78, 5) is 43.6. The van der Waals surface area contributed by atoms with E-state index in [1.54, 1.807) is 6.07 Å². The second-order valence-corrected chi connectivity index (χ2v) is 8.74. The van der Waals surface area contributed by atoms with Gasteiger partial charge in [0.1, 0.15) is 0 Å². The van der Waals surface area contributed by atoms with E-state index in [4.69, 9.17) is 25.6 Å². The zero-order valence-corrected chi connectivity index (χ0v) is 20.6.